The van der Waals surface area contributed by atoms with Gasteiger partial charge in [-0.15, -0.1) is 16.4 Å². The first kappa shape index (κ1) is 12.3. The average Bonchev–Trinajstić information content (AvgIpc) is 3.03. The zero-order valence-electron chi connectivity index (χ0n) is 10.7. The highest BCUT2D eigenvalue weighted by atomic mass is 32.1. The molecule has 2 aromatic rings. The summed E-state index contributed by atoms with van der Waals surface area (Å²) in [6.45, 7) is 0.585. The predicted octanol–water partition coefficient (Wildman–Crippen LogP) is 0.733. The fraction of sp³-hybridized carbons (Fsp3) is 0.500. The van der Waals surface area contributed by atoms with Gasteiger partial charge in [-0.3, -0.25) is 9.48 Å². The Labute approximate surface area is 114 Å². The molecule has 19 heavy (non-hydrogen) atoms. The summed E-state index contributed by atoms with van der Waals surface area (Å²) in [7, 11) is 1.74. The third kappa shape index (κ3) is 2.65. The number of fused-ring (bicyclic) bond motifs is 1. The molecule has 0 aliphatic heterocycles. The Hall–Kier alpha value is -1.76. The number of nitrogens with zero attached hydrogens (tertiary/aromatic N) is 4. The third-order valence-electron chi connectivity index (χ3n) is 3.10. The van der Waals surface area contributed by atoms with E-state index in [-0.39, 0.29) is 5.91 Å². The maximum atomic E-state index is 11.7. The van der Waals surface area contributed by atoms with E-state index in [1.54, 1.807) is 24.6 Å². The Morgan fingerprint density at radius 1 is 1.53 bits per heavy atom. The number of thiazole rings is 1. The summed E-state index contributed by atoms with van der Waals surface area (Å²) in [6, 6.07) is 0. The summed E-state index contributed by atoms with van der Waals surface area (Å²) in [5.41, 5.74) is 1.62. The summed E-state index contributed by atoms with van der Waals surface area (Å²) < 4.78 is 1.51. The molecular formula is C12H15N5OS. The van der Waals surface area contributed by atoms with E-state index in [1.807, 2.05) is 0 Å². The van der Waals surface area contributed by atoms with Gasteiger partial charge < -0.3 is 5.32 Å². The van der Waals surface area contributed by atoms with Gasteiger partial charge in [0, 0.05) is 24.9 Å². The van der Waals surface area contributed by atoms with Crippen molar-refractivity contribution in [1.82, 2.24) is 25.3 Å². The molecule has 0 unspecified atom stereocenters. The molecule has 6 nitrogen and oxygen atoms in total. The average molecular weight is 277 g/mol. The van der Waals surface area contributed by atoms with Crippen molar-refractivity contribution in [3.63, 3.8) is 0 Å². The molecule has 0 fully saturated rings. The molecular weight excluding hydrogens is 262 g/mol. The first-order chi connectivity index (χ1) is 9.22. The molecule has 1 aliphatic rings. The van der Waals surface area contributed by atoms with E-state index in [0.29, 0.717) is 12.2 Å². The Kier molecular flexibility index (Phi) is 3.29. The maximum absolute atomic E-state index is 11.7. The van der Waals surface area contributed by atoms with Crippen LogP contribution in [-0.2, 0) is 26.3 Å². The molecule has 0 atom stereocenters. The van der Waals surface area contributed by atoms with E-state index in [9.17, 15) is 4.79 Å². The number of hydrogen-bond acceptors (Lipinski definition) is 5. The van der Waals surface area contributed by atoms with Crippen LogP contribution < -0.4 is 5.32 Å². The van der Waals surface area contributed by atoms with Gasteiger partial charge in [-0.05, 0) is 19.3 Å². The van der Waals surface area contributed by atoms with Crippen molar-refractivity contribution in [2.75, 3.05) is 6.54 Å². The van der Waals surface area contributed by atoms with Gasteiger partial charge in [-0.2, -0.15) is 0 Å². The fourth-order valence-corrected chi connectivity index (χ4v) is 3.33. The predicted molar refractivity (Wildman–Crippen MR) is 71.2 cm³/mol. The van der Waals surface area contributed by atoms with Crippen LogP contribution in [0.4, 0.5) is 0 Å². The molecule has 3 rings (SSSR count). The minimum absolute atomic E-state index is 0.183. The van der Waals surface area contributed by atoms with Crippen LogP contribution in [0, 0.1) is 0 Å². The Balaban J connectivity index is 1.51. The normalized spacial score (nSPS) is 13.5. The van der Waals surface area contributed by atoms with E-state index in [0.717, 1.165) is 17.8 Å². The highest BCUT2D eigenvalue weighted by Gasteiger charge is 2.16. The number of carbonyl (C=O) groups is 1. The summed E-state index contributed by atoms with van der Waals surface area (Å²) in [5.74, 6) is -0.183. The Morgan fingerprint density at radius 3 is 3.16 bits per heavy atom. The minimum Gasteiger partial charge on any atom is -0.350 e. The zero-order valence-corrected chi connectivity index (χ0v) is 11.5. The topological polar surface area (TPSA) is 72.7 Å². The largest absolute Gasteiger partial charge is 0.350 e. The van der Waals surface area contributed by atoms with Gasteiger partial charge in [-0.1, -0.05) is 5.21 Å². The minimum atomic E-state index is -0.183. The van der Waals surface area contributed by atoms with Crippen molar-refractivity contribution in [3.8, 4) is 0 Å². The second kappa shape index (κ2) is 5.08. The van der Waals surface area contributed by atoms with Crippen LogP contribution in [0.3, 0.4) is 0 Å². The van der Waals surface area contributed by atoms with E-state index >= 15 is 0 Å². The molecule has 0 bridgehead atoms. The third-order valence-corrected chi connectivity index (χ3v) is 4.32. The second-order valence-corrected chi connectivity index (χ2v) is 5.78. The van der Waals surface area contributed by atoms with Crippen LogP contribution in [-0.4, -0.2) is 32.4 Å². The number of aryl methyl sites for hydroxylation is 3. The smallest absolute Gasteiger partial charge is 0.273 e. The summed E-state index contributed by atoms with van der Waals surface area (Å²) in [5, 5.41) is 11.5. The van der Waals surface area contributed by atoms with Gasteiger partial charge in [0.25, 0.3) is 5.91 Å². The number of rotatable bonds is 4. The van der Waals surface area contributed by atoms with Gasteiger partial charge in [-0.25, -0.2) is 4.98 Å². The molecule has 2 aromatic heterocycles. The molecule has 7 heteroatoms. The van der Waals surface area contributed by atoms with Gasteiger partial charge >= 0.3 is 0 Å². The van der Waals surface area contributed by atoms with Crippen molar-refractivity contribution in [3.05, 3.63) is 27.5 Å². The van der Waals surface area contributed by atoms with Gasteiger partial charge in [0.15, 0.2) is 5.69 Å². The molecule has 0 aromatic carbocycles. The zero-order chi connectivity index (χ0) is 13.2. The Bertz CT molecular complexity index is 582. The van der Waals surface area contributed by atoms with Gasteiger partial charge in [0.2, 0.25) is 0 Å². The van der Waals surface area contributed by atoms with Crippen molar-refractivity contribution < 1.29 is 4.79 Å². The number of carbonyl (C=O) groups excluding carboxylic acids is 1. The lowest BCUT2D eigenvalue weighted by atomic mass is 10.3. The van der Waals surface area contributed by atoms with Crippen LogP contribution in [0.1, 0.15) is 32.5 Å². The van der Waals surface area contributed by atoms with Crippen molar-refractivity contribution in [1.29, 1.82) is 0 Å². The summed E-state index contributed by atoms with van der Waals surface area (Å²) in [4.78, 5) is 17.8. The molecule has 100 valence electrons. The fourth-order valence-electron chi connectivity index (χ4n) is 2.18. The summed E-state index contributed by atoms with van der Waals surface area (Å²) in [6.07, 6.45) is 5.89. The number of nitrogens with one attached hydrogen (secondary N) is 1. The lowest BCUT2D eigenvalue weighted by Crippen LogP contribution is -2.26. The molecule has 0 saturated heterocycles. The van der Waals surface area contributed by atoms with E-state index in [1.165, 1.54) is 28.1 Å². The molecule has 2 heterocycles. The standard InChI is InChI=1S/C12H15N5OS/c1-17-7-9(15-16-17)12(18)13-6-5-11-14-8-3-2-4-10(8)19-11/h7H,2-6H2,1H3,(H,13,18). The van der Waals surface area contributed by atoms with Crippen molar-refractivity contribution >= 4 is 17.2 Å². The lowest BCUT2D eigenvalue weighted by molar-refractivity contribution is 0.0949. The monoisotopic (exact) mass is 277 g/mol. The summed E-state index contributed by atoms with van der Waals surface area (Å²) >= 11 is 1.78. The molecule has 1 N–H and O–H groups in total. The van der Waals surface area contributed by atoms with E-state index in [2.05, 4.69) is 20.6 Å². The molecule has 1 amide bonds. The number of hydrogen-bond donors (Lipinski definition) is 1. The van der Waals surface area contributed by atoms with Gasteiger partial charge in [0.1, 0.15) is 0 Å². The van der Waals surface area contributed by atoms with Crippen LogP contribution in [0.25, 0.3) is 0 Å². The van der Waals surface area contributed by atoms with Crippen molar-refractivity contribution in [2.24, 2.45) is 7.05 Å². The molecule has 1 aliphatic carbocycles. The highest BCUT2D eigenvalue weighted by molar-refractivity contribution is 7.11. The van der Waals surface area contributed by atoms with Gasteiger partial charge in [0.05, 0.1) is 16.9 Å². The quantitative estimate of drug-likeness (QED) is 0.894. The first-order valence-electron chi connectivity index (χ1n) is 6.34. The molecule has 0 saturated carbocycles. The Morgan fingerprint density at radius 2 is 2.42 bits per heavy atom. The number of amides is 1. The highest BCUT2D eigenvalue weighted by Crippen LogP contribution is 2.27. The van der Waals surface area contributed by atoms with Crippen LogP contribution >= 0.6 is 11.3 Å². The molecule has 0 radical (unpaired) electrons. The molecule has 0 spiro atoms. The SMILES string of the molecule is Cn1cc(C(=O)NCCc2nc3c(s2)CCC3)nn1. The van der Waals surface area contributed by atoms with Crippen LogP contribution in [0.15, 0.2) is 6.20 Å². The second-order valence-electron chi connectivity index (χ2n) is 4.61. The first-order valence-corrected chi connectivity index (χ1v) is 7.16. The van der Waals surface area contributed by atoms with Crippen LogP contribution in [0.5, 0.6) is 0 Å². The van der Waals surface area contributed by atoms with Crippen molar-refractivity contribution in [2.45, 2.75) is 25.7 Å². The number of aromatic nitrogens is 4. The maximum Gasteiger partial charge on any atom is 0.273 e. The van der Waals surface area contributed by atoms with Crippen LogP contribution in [0.2, 0.25) is 0 Å². The van der Waals surface area contributed by atoms with E-state index in [4.69, 9.17) is 0 Å². The lowest BCUT2D eigenvalue weighted by Gasteiger charge is -2.00. The van der Waals surface area contributed by atoms with E-state index < -0.39 is 0 Å².